The summed E-state index contributed by atoms with van der Waals surface area (Å²) < 4.78 is 2.05. The Bertz CT molecular complexity index is 863. The average Bonchev–Trinajstić information content (AvgIpc) is 3.33. The van der Waals surface area contributed by atoms with Crippen molar-refractivity contribution in [3.05, 3.63) is 103 Å². The minimum Gasteiger partial charge on any atom is -0.290 e. The van der Waals surface area contributed by atoms with Gasteiger partial charge >= 0.3 is 0 Å². The number of ketones is 1. The number of hydrogen-bond acceptors (Lipinski definition) is 5. The molecule has 26 heavy (non-hydrogen) atoms. The van der Waals surface area contributed by atoms with Crippen molar-refractivity contribution in [2.75, 3.05) is 0 Å². The first-order chi connectivity index (χ1) is 12.8. The second kappa shape index (κ2) is 8.44. The van der Waals surface area contributed by atoms with Gasteiger partial charge in [0.1, 0.15) is 0 Å². The lowest BCUT2D eigenvalue weighted by Gasteiger charge is -2.01. The first kappa shape index (κ1) is 17.9. The summed E-state index contributed by atoms with van der Waals surface area (Å²) in [5.74, 6) is 0.0421. The van der Waals surface area contributed by atoms with Crippen LogP contribution >= 0.6 is 47.0 Å². The summed E-state index contributed by atoms with van der Waals surface area (Å²) in [4.78, 5) is 14.8. The lowest BCUT2D eigenvalue weighted by atomic mass is 10.2. The van der Waals surface area contributed by atoms with Crippen molar-refractivity contribution in [2.45, 2.75) is 0 Å². The number of thioether (sulfide) groups is 4. The number of benzene rings is 2. The SMILES string of the molecule is O=C(C=C1SC=C(c2ccccc2)S1)C=C1SC=C(c2ccccc2)S1. The molecule has 128 valence electrons. The van der Waals surface area contributed by atoms with Gasteiger partial charge in [0, 0.05) is 22.0 Å². The van der Waals surface area contributed by atoms with Crippen LogP contribution in [0.3, 0.4) is 0 Å². The summed E-state index contributed by atoms with van der Waals surface area (Å²) in [6.07, 6.45) is 3.47. The van der Waals surface area contributed by atoms with Crippen molar-refractivity contribution in [1.29, 1.82) is 0 Å². The Labute approximate surface area is 170 Å². The molecule has 1 nitrogen and oxygen atoms in total. The molecule has 0 unspecified atom stereocenters. The molecule has 0 bridgehead atoms. The van der Waals surface area contributed by atoms with Gasteiger partial charge in [-0.25, -0.2) is 0 Å². The van der Waals surface area contributed by atoms with Gasteiger partial charge in [-0.3, -0.25) is 4.79 Å². The van der Waals surface area contributed by atoms with Crippen LogP contribution in [0.5, 0.6) is 0 Å². The molecule has 2 aliphatic rings. The molecule has 0 amide bonds. The molecular formula is C21H14OS4. The molecule has 0 atom stereocenters. The average molecular weight is 411 g/mol. The van der Waals surface area contributed by atoms with E-state index in [4.69, 9.17) is 0 Å². The van der Waals surface area contributed by atoms with Crippen molar-refractivity contribution in [1.82, 2.24) is 0 Å². The Morgan fingerprint density at radius 2 is 1.08 bits per heavy atom. The van der Waals surface area contributed by atoms with Gasteiger partial charge in [0.2, 0.25) is 0 Å². The van der Waals surface area contributed by atoms with Gasteiger partial charge in [0.05, 0.1) is 8.47 Å². The number of carbonyl (C=O) groups excluding carboxylic acids is 1. The van der Waals surface area contributed by atoms with E-state index in [2.05, 4.69) is 35.1 Å². The summed E-state index contributed by atoms with van der Waals surface area (Å²) in [6, 6.07) is 20.5. The third kappa shape index (κ3) is 4.41. The zero-order valence-corrected chi connectivity index (χ0v) is 16.9. The van der Waals surface area contributed by atoms with Crippen molar-refractivity contribution < 1.29 is 4.79 Å². The fourth-order valence-corrected chi connectivity index (χ4v) is 6.66. The summed E-state index contributed by atoms with van der Waals surface area (Å²) in [5.41, 5.74) is 2.38. The lowest BCUT2D eigenvalue weighted by Crippen LogP contribution is -1.87. The van der Waals surface area contributed by atoms with E-state index in [9.17, 15) is 4.79 Å². The second-order valence-electron chi connectivity index (χ2n) is 5.47. The van der Waals surface area contributed by atoms with E-state index in [0.29, 0.717) is 0 Å². The van der Waals surface area contributed by atoms with E-state index >= 15 is 0 Å². The molecule has 2 aromatic rings. The smallest absolute Gasteiger partial charge is 0.181 e. The standard InChI is InChI=1S/C21H14OS4/c22-17(11-20-23-13-18(25-20)15-7-3-1-4-8-15)12-21-24-14-19(26-21)16-9-5-2-6-10-16/h1-14H. The van der Waals surface area contributed by atoms with Crippen molar-refractivity contribution in [2.24, 2.45) is 0 Å². The molecular weight excluding hydrogens is 396 g/mol. The Morgan fingerprint density at radius 1 is 0.654 bits per heavy atom. The van der Waals surface area contributed by atoms with Crippen LogP contribution in [0.1, 0.15) is 11.1 Å². The Hall–Kier alpha value is -1.53. The molecule has 0 N–H and O–H groups in total. The maximum atomic E-state index is 12.4. The van der Waals surface area contributed by atoms with Crippen LogP contribution in [0.15, 0.2) is 92.1 Å². The van der Waals surface area contributed by atoms with Crippen LogP contribution in [-0.4, -0.2) is 5.78 Å². The van der Waals surface area contributed by atoms with Crippen LogP contribution in [0.4, 0.5) is 0 Å². The minimum absolute atomic E-state index is 0.0421. The summed E-state index contributed by atoms with van der Waals surface area (Å²) in [7, 11) is 0. The predicted octanol–water partition coefficient (Wildman–Crippen LogP) is 7.20. The van der Waals surface area contributed by atoms with Gasteiger partial charge in [0.15, 0.2) is 5.78 Å². The van der Waals surface area contributed by atoms with Gasteiger partial charge in [-0.1, -0.05) is 108 Å². The first-order valence-electron chi connectivity index (χ1n) is 7.95. The fourth-order valence-electron chi connectivity index (χ4n) is 2.40. The van der Waals surface area contributed by atoms with E-state index in [1.54, 1.807) is 59.2 Å². The van der Waals surface area contributed by atoms with Crippen molar-refractivity contribution in [3.63, 3.8) is 0 Å². The lowest BCUT2D eigenvalue weighted by molar-refractivity contribution is -0.110. The van der Waals surface area contributed by atoms with Crippen LogP contribution in [-0.2, 0) is 4.79 Å². The van der Waals surface area contributed by atoms with Crippen LogP contribution < -0.4 is 0 Å². The van der Waals surface area contributed by atoms with Crippen molar-refractivity contribution in [3.8, 4) is 0 Å². The third-order valence-corrected chi connectivity index (χ3v) is 8.19. The molecule has 0 aromatic heterocycles. The summed E-state index contributed by atoms with van der Waals surface area (Å²) in [6.45, 7) is 0. The van der Waals surface area contributed by atoms with Gasteiger partial charge in [0.25, 0.3) is 0 Å². The molecule has 4 rings (SSSR count). The molecule has 0 saturated carbocycles. The van der Waals surface area contributed by atoms with Gasteiger partial charge in [-0.05, 0) is 21.9 Å². The highest BCUT2D eigenvalue weighted by Gasteiger charge is 2.17. The van der Waals surface area contributed by atoms with Gasteiger partial charge in [-0.15, -0.1) is 0 Å². The molecule has 2 aromatic carbocycles. The van der Waals surface area contributed by atoms with E-state index in [-0.39, 0.29) is 5.78 Å². The largest absolute Gasteiger partial charge is 0.290 e. The normalized spacial score (nSPS) is 19.7. The Balaban J connectivity index is 1.38. The summed E-state index contributed by atoms with van der Waals surface area (Å²) in [5, 5.41) is 4.22. The molecule has 0 spiro atoms. The number of carbonyl (C=O) groups is 1. The fraction of sp³-hybridized carbons (Fsp3) is 0. The van der Waals surface area contributed by atoms with Gasteiger partial charge < -0.3 is 0 Å². The highest BCUT2D eigenvalue weighted by molar-refractivity contribution is 8.31. The zero-order chi connectivity index (χ0) is 17.8. The molecule has 0 aliphatic carbocycles. The predicted molar refractivity (Wildman–Crippen MR) is 120 cm³/mol. The minimum atomic E-state index is 0.0421. The van der Waals surface area contributed by atoms with Crippen LogP contribution in [0.25, 0.3) is 9.81 Å². The Morgan fingerprint density at radius 3 is 1.50 bits per heavy atom. The Kier molecular flexibility index (Phi) is 5.80. The molecule has 0 saturated heterocycles. The van der Waals surface area contributed by atoms with E-state index in [1.165, 1.54) is 20.9 Å². The van der Waals surface area contributed by atoms with E-state index in [0.717, 1.165) is 8.47 Å². The van der Waals surface area contributed by atoms with Crippen LogP contribution in [0, 0.1) is 0 Å². The maximum Gasteiger partial charge on any atom is 0.181 e. The van der Waals surface area contributed by atoms with E-state index in [1.807, 2.05) is 36.4 Å². The topological polar surface area (TPSA) is 17.1 Å². The molecule has 0 radical (unpaired) electrons. The van der Waals surface area contributed by atoms with Crippen LogP contribution in [0.2, 0.25) is 0 Å². The monoisotopic (exact) mass is 410 g/mol. The second-order valence-corrected chi connectivity index (χ2v) is 9.97. The number of rotatable bonds is 4. The van der Waals surface area contributed by atoms with E-state index < -0.39 is 0 Å². The highest BCUT2D eigenvalue weighted by atomic mass is 32.2. The van der Waals surface area contributed by atoms with Crippen molar-refractivity contribution >= 4 is 62.6 Å². The van der Waals surface area contributed by atoms with Gasteiger partial charge in [-0.2, -0.15) is 0 Å². The zero-order valence-electron chi connectivity index (χ0n) is 13.6. The molecule has 0 fully saturated rings. The molecule has 2 aliphatic heterocycles. The number of allylic oxidation sites excluding steroid dienone is 2. The summed E-state index contributed by atoms with van der Waals surface area (Å²) >= 11 is 6.54. The maximum absolute atomic E-state index is 12.4. The quantitative estimate of drug-likeness (QED) is 0.494. The number of hydrogen-bond donors (Lipinski definition) is 0. The first-order valence-corrected chi connectivity index (χ1v) is 11.3. The molecule has 2 heterocycles. The molecule has 5 heteroatoms. The highest BCUT2D eigenvalue weighted by Crippen LogP contribution is 2.49. The third-order valence-electron chi connectivity index (χ3n) is 3.62.